The first-order chi connectivity index (χ1) is 13.3. The maximum absolute atomic E-state index is 13.8. The van der Waals surface area contributed by atoms with Crippen LogP contribution in [-0.4, -0.2) is 4.98 Å². The van der Waals surface area contributed by atoms with Crippen molar-refractivity contribution >= 4 is 11.8 Å². The SMILES string of the molecule is Fc1cc(SC(c2ccccc2)(c2ccccc2)c2ccccc2)ccn1. The first-order valence-corrected chi connectivity index (χ1v) is 9.58. The zero-order valence-corrected chi connectivity index (χ0v) is 15.4. The first-order valence-electron chi connectivity index (χ1n) is 8.76. The van der Waals surface area contributed by atoms with E-state index in [1.165, 1.54) is 12.3 Å². The number of pyridine rings is 1. The average molecular weight is 371 g/mol. The van der Waals surface area contributed by atoms with Crippen molar-refractivity contribution in [2.24, 2.45) is 0 Å². The van der Waals surface area contributed by atoms with Gasteiger partial charge >= 0.3 is 0 Å². The van der Waals surface area contributed by atoms with E-state index in [9.17, 15) is 4.39 Å². The Morgan fingerprint density at radius 2 is 1.07 bits per heavy atom. The molecule has 4 rings (SSSR count). The minimum Gasteiger partial charge on any atom is -0.228 e. The highest BCUT2D eigenvalue weighted by Gasteiger charge is 2.37. The zero-order chi connectivity index (χ0) is 18.5. The highest BCUT2D eigenvalue weighted by atomic mass is 32.2. The van der Waals surface area contributed by atoms with Crippen LogP contribution in [0.3, 0.4) is 0 Å². The molecule has 0 unspecified atom stereocenters. The Morgan fingerprint density at radius 1 is 0.630 bits per heavy atom. The molecule has 0 saturated carbocycles. The molecule has 0 fully saturated rings. The molecule has 0 aliphatic rings. The number of hydrogen-bond donors (Lipinski definition) is 0. The van der Waals surface area contributed by atoms with Gasteiger partial charge in [-0.05, 0) is 22.8 Å². The lowest BCUT2D eigenvalue weighted by Gasteiger charge is -2.35. The Morgan fingerprint density at radius 3 is 1.48 bits per heavy atom. The normalized spacial score (nSPS) is 11.3. The summed E-state index contributed by atoms with van der Waals surface area (Å²) in [7, 11) is 0. The van der Waals surface area contributed by atoms with E-state index >= 15 is 0 Å². The molecule has 132 valence electrons. The number of benzene rings is 3. The summed E-state index contributed by atoms with van der Waals surface area (Å²) in [5, 5.41) is 0. The van der Waals surface area contributed by atoms with Crippen molar-refractivity contribution in [3.8, 4) is 0 Å². The molecule has 0 N–H and O–H groups in total. The number of rotatable bonds is 5. The Labute approximate surface area is 162 Å². The molecular formula is C24H18FNS. The summed E-state index contributed by atoms with van der Waals surface area (Å²) in [5.41, 5.74) is 3.43. The molecular weight excluding hydrogens is 353 g/mol. The van der Waals surface area contributed by atoms with E-state index in [1.807, 2.05) is 60.7 Å². The highest BCUT2D eigenvalue weighted by Crippen LogP contribution is 2.51. The molecule has 0 aliphatic heterocycles. The van der Waals surface area contributed by atoms with Gasteiger partial charge in [0.05, 0.1) is 4.75 Å². The van der Waals surface area contributed by atoms with Gasteiger partial charge in [0, 0.05) is 17.2 Å². The van der Waals surface area contributed by atoms with E-state index < -0.39 is 10.7 Å². The van der Waals surface area contributed by atoms with Gasteiger partial charge in [-0.15, -0.1) is 11.8 Å². The second kappa shape index (κ2) is 7.77. The lowest BCUT2D eigenvalue weighted by molar-refractivity contribution is 0.579. The maximum atomic E-state index is 13.8. The molecule has 0 saturated heterocycles. The van der Waals surface area contributed by atoms with Crippen LogP contribution in [0, 0.1) is 5.95 Å². The summed E-state index contributed by atoms with van der Waals surface area (Å²) in [6.07, 6.45) is 1.52. The van der Waals surface area contributed by atoms with Gasteiger partial charge < -0.3 is 0 Å². The molecule has 0 bridgehead atoms. The van der Waals surface area contributed by atoms with Crippen LogP contribution in [0.25, 0.3) is 0 Å². The summed E-state index contributed by atoms with van der Waals surface area (Å²) in [6.45, 7) is 0. The van der Waals surface area contributed by atoms with E-state index in [0.717, 1.165) is 21.6 Å². The fourth-order valence-corrected chi connectivity index (χ4v) is 4.72. The van der Waals surface area contributed by atoms with Crippen molar-refractivity contribution in [1.29, 1.82) is 0 Å². The quantitative estimate of drug-likeness (QED) is 0.232. The Balaban J connectivity index is 2.00. The van der Waals surface area contributed by atoms with E-state index in [1.54, 1.807) is 11.8 Å². The number of halogens is 1. The van der Waals surface area contributed by atoms with Gasteiger partial charge in [-0.3, -0.25) is 0 Å². The minimum absolute atomic E-state index is 0.469. The van der Waals surface area contributed by atoms with Crippen LogP contribution < -0.4 is 0 Å². The summed E-state index contributed by atoms with van der Waals surface area (Å²) in [4.78, 5) is 4.54. The molecule has 4 aromatic rings. The molecule has 0 amide bonds. The highest BCUT2D eigenvalue weighted by molar-refractivity contribution is 8.00. The predicted octanol–water partition coefficient (Wildman–Crippen LogP) is 6.30. The fraction of sp³-hybridized carbons (Fsp3) is 0.0417. The van der Waals surface area contributed by atoms with Crippen LogP contribution in [0.5, 0.6) is 0 Å². The molecule has 1 heterocycles. The summed E-state index contributed by atoms with van der Waals surface area (Å²) in [6, 6.07) is 34.4. The van der Waals surface area contributed by atoms with Gasteiger partial charge in [-0.1, -0.05) is 91.0 Å². The topological polar surface area (TPSA) is 12.9 Å². The van der Waals surface area contributed by atoms with Gasteiger partial charge in [0.1, 0.15) is 0 Å². The van der Waals surface area contributed by atoms with Crippen molar-refractivity contribution in [2.45, 2.75) is 9.64 Å². The van der Waals surface area contributed by atoms with Crippen LogP contribution in [0.1, 0.15) is 16.7 Å². The molecule has 1 nitrogen and oxygen atoms in total. The fourth-order valence-electron chi connectivity index (χ4n) is 3.32. The minimum atomic E-state index is -0.502. The number of hydrogen-bond acceptors (Lipinski definition) is 2. The summed E-state index contributed by atoms with van der Waals surface area (Å²) < 4.78 is 13.3. The van der Waals surface area contributed by atoms with Gasteiger partial charge in [-0.2, -0.15) is 4.39 Å². The molecule has 0 atom stereocenters. The summed E-state index contributed by atoms with van der Waals surface area (Å²) in [5.74, 6) is -0.469. The van der Waals surface area contributed by atoms with Crippen molar-refractivity contribution in [3.05, 3.63) is 132 Å². The van der Waals surface area contributed by atoms with E-state index in [2.05, 4.69) is 41.4 Å². The van der Waals surface area contributed by atoms with Gasteiger partial charge in [-0.25, -0.2) is 4.98 Å². The van der Waals surface area contributed by atoms with Crippen LogP contribution in [0.15, 0.2) is 114 Å². The van der Waals surface area contributed by atoms with E-state index in [0.29, 0.717) is 0 Å². The van der Waals surface area contributed by atoms with Crippen LogP contribution in [0.4, 0.5) is 4.39 Å². The third-order valence-corrected chi connectivity index (χ3v) is 6.01. The second-order valence-corrected chi connectivity index (χ2v) is 7.48. The monoisotopic (exact) mass is 371 g/mol. The molecule has 27 heavy (non-hydrogen) atoms. The van der Waals surface area contributed by atoms with E-state index in [4.69, 9.17) is 0 Å². The van der Waals surface area contributed by atoms with Crippen molar-refractivity contribution in [3.63, 3.8) is 0 Å². The van der Waals surface area contributed by atoms with Crippen molar-refractivity contribution in [1.82, 2.24) is 4.98 Å². The van der Waals surface area contributed by atoms with Crippen LogP contribution in [-0.2, 0) is 4.75 Å². The molecule has 3 aromatic carbocycles. The summed E-state index contributed by atoms with van der Waals surface area (Å²) >= 11 is 1.63. The molecule has 3 heteroatoms. The molecule has 1 aromatic heterocycles. The van der Waals surface area contributed by atoms with Crippen molar-refractivity contribution in [2.75, 3.05) is 0 Å². The molecule has 0 aliphatic carbocycles. The Hall–Kier alpha value is -2.91. The largest absolute Gasteiger partial charge is 0.228 e. The Kier molecular flexibility index (Phi) is 5.03. The zero-order valence-electron chi connectivity index (χ0n) is 14.6. The Bertz CT molecular complexity index is 907. The molecule has 0 spiro atoms. The molecule has 0 radical (unpaired) electrons. The van der Waals surface area contributed by atoms with Crippen LogP contribution >= 0.6 is 11.8 Å². The average Bonchev–Trinajstić information content (AvgIpc) is 2.74. The lowest BCUT2D eigenvalue weighted by Crippen LogP contribution is -2.25. The number of thioether (sulfide) groups is 1. The van der Waals surface area contributed by atoms with E-state index in [-0.39, 0.29) is 0 Å². The van der Waals surface area contributed by atoms with Gasteiger partial charge in [0.2, 0.25) is 5.95 Å². The first kappa shape index (κ1) is 17.5. The van der Waals surface area contributed by atoms with Crippen molar-refractivity contribution < 1.29 is 4.39 Å². The van der Waals surface area contributed by atoms with Crippen LogP contribution in [0.2, 0.25) is 0 Å². The second-order valence-electron chi connectivity index (χ2n) is 6.20. The third kappa shape index (κ3) is 3.51. The maximum Gasteiger partial charge on any atom is 0.213 e. The standard InChI is InChI=1S/C24H18FNS/c25-23-18-22(16-17-26-23)27-24(19-10-4-1-5-11-19,20-12-6-2-7-13-20)21-14-8-3-9-15-21/h1-18H. The van der Waals surface area contributed by atoms with Gasteiger partial charge in [0.25, 0.3) is 0 Å². The third-order valence-electron chi connectivity index (χ3n) is 4.51. The predicted molar refractivity (Wildman–Crippen MR) is 109 cm³/mol. The number of nitrogens with zero attached hydrogens (tertiary/aromatic N) is 1. The number of aromatic nitrogens is 1. The lowest BCUT2D eigenvalue weighted by atomic mass is 9.84. The van der Waals surface area contributed by atoms with Gasteiger partial charge in [0.15, 0.2) is 0 Å². The smallest absolute Gasteiger partial charge is 0.213 e.